The van der Waals surface area contributed by atoms with Crippen LogP contribution in [0.5, 0.6) is 0 Å². The monoisotopic (exact) mass is 265 g/mol. The van der Waals surface area contributed by atoms with E-state index in [1.165, 1.54) is 17.6 Å². The molecule has 1 aromatic heterocycles. The summed E-state index contributed by atoms with van der Waals surface area (Å²) in [6.07, 6.45) is 0.469. The third-order valence-electron chi connectivity index (χ3n) is 2.82. The second kappa shape index (κ2) is 5.54. The fourth-order valence-corrected chi connectivity index (χ4v) is 2.66. The Hall–Kier alpha value is -1.33. The van der Waals surface area contributed by atoms with Crippen LogP contribution in [0.3, 0.4) is 0 Å². The molecule has 1 heterocycles. The average Bonchev–Trinajstić information content (AvgIpc) is 2.81. The summed E-state index contributed by atoms with van der Waals surface area (Å²) in [6, 6.07) is 6.46. The fourth-order valence-electron chi connectivity index (χ4n) is 1.86. The van der Waals surface area contributed by atoms with E-state index >= 15 is 0 Å². The van der Waals surface area contributed by atoms with Crippen LogP contribution in [0.2, 0.25) is 0 Å². The minimum absolute atomic E-state index is 0.212. The van der Waals surface area contributed by atoms with Gasteiger partial charge >= 0.3 is 0 Å². The van der Waals surface area contributed by atoms with E-state index in [-0.39, 0.29) is 17.8 Å². The molecule has 0 amide bonds. The number of hydrogen-bond acceptors (Lipinski definition) is 4. The van der Waals surface area contributed by atoms with Crippen LogP contribution < -0.4 is 5.73 Å². The highest BCUT2D eigenvalue weighted by Gasteiger charge is 2.19. The Labute approximate surface area is 110 Å². The van der Waals surface area contributed by atoms with Gasteiger partial charge < -0.3 is 5.73 Å². The van der Waals surface area contributed by atoms with Crippen molar-refractivity contribution in [3.05, 3.63) is 46.2 Å². The van der Waals surface area contributed by atoms with Crippen LogP contribution in [-0.4, -0.2) is 9.59 Å². The van der Waals surface area contributed by atoms with Crippen LogP contribution in [-0.2, 0) is 6.42 Å². The van der Waals surface area contributed by atoms with Crippen molar-refractivity contribution in [3.63, 3.8) is 0 Å². The van der Waals surface area contributed by atoms with E-state index in [1.807, 2.05) is 6.07 Å². The largest absolute Gasteiger partial charge is 0.323 e. The van der Waals surface area contributed by atoms with Crippen LogP contribution in [0, 0.1) is 5.82 Å². The second-order valence-electron chi connectivity index (χ2n) is 4.58. The summed E-state index contributed by atoms with van der Waals surface area (Å²) in [5.41, 5.74) is 7.70. The van der Waals surface area contributed by atoms with E-state index in [4.69, 9.17) is 5.73 Å². The van der Waals surface area contributed by atoms with E-state index in [9.17, 15) is 4.39 Å². The molecule has 0 bridgehead atoms. The lowest BCUT2D eigenvalue weighted by Crippen LogP contribution is -2.15. The van der Waals surface area contributed by atoms with E-state index in [2.05, 4.69) is 23.4 Å². The lowest BCUT2D eigenvalue weighted by Gasteiger charge is -2.12. The van der Waals surface area contributed by atoms with Crippen molar-refractivity contribution < 1.29 is 4.39 Å². The molecular weight excluding hydrogens is 249 g/mol. The Kier molecular flexibility index (Phi) is 4.04. The summed E-state index contributed by atoms with van der Waals surface area (Å²) in [5, 5.41) is 4.10. The maximum Gasteiger partial charge on any atom is 0.126 e. The standard InChI is InChI=1S/C13H16FN3S/c1-8(2)12-13(18-17-16-12)11(15)7-9-5-3-4-6-10(9)14/h3-6,8,11H,7,15H2,1-2H3. The van der Waals surface area contributed by atoms with Crippen molar-refractivity contribution in [3.8, 4) is 0 Å². The smallest absolute Gasteiger partial charge is 0.126 e. The molecule has 0 aliphatic rings. The predicted molar refractivity (Wildman–Crippen MR) is 71.0 cm³/mol. The van der Waals surface area contributed by atoms with Gasteiger partial charge in [0.15, 0.2) is 0 Å². The Morgan fingerprint density at radius 3 is 2.72 bits per heavy atom. The molecular formula is C13H16FN3S. The summed E-state index contributed by atoms with van der Waals surface area (Å²) >= 11 is 1.30. The lowest BCUT2D eigenvalue weighted by atomic mass is 10.0. The molecule has 0 fully saturated rings. The van der Waals surface area contributed by atoms with Crippen molar-refractivity contribution >= 4 is 11.5 Å². The number of rotatable bonds is 4. The summed E-state index contributed by atoms with van der Waals surface area (Å²) in [5.74, 6) is 0.0712. The van der Waals surface area contributed by atoms with Gasteiger partial charge in [0.05, 0.1) is 10.6 Å². The number of hydrogen-bond donors (Lipinski definition) is 1. The third kappa shape index (κ3) is 2.73. The molecule has 1 unspecified atom stereocenters. The Morgan fingerprint density at radius 1 is 1.33 bits per heavy atom. The third-order valence-corrected chi connectivity index (χ3v) is 3.69. The van der Waals surface area contributed by atoms with Gasteiger partial charge in [-0.3, -0.25) is 0 Å². The van der Waals surface area contributed by atoms with E-state index < -0.39 is 0 Å². The molecule has 2 aromatic rings. The minimum atomic E-state index is -0.251. The van der Waals surface area contributed by atoms with Gasteiger partial charge in [-0.2, -0.15) is 0 Å². The molecule has 18 heavy (non-hydrogen) atoms. The van der Waals surface area contributed by atoms with Crippen molar-refractivity contribution in [1.29, 1.82) is 0 Å². The normalized spacial score (nSPS) is 12.9. The highest BCUT2D eigenvalue weighted by Crippen LogP contribution is 2.27. The fraction of sp³-hybridized carbons (Fsp3) is 0.385. The topological polar surface area (TPSA) is 51.8 Å². The molecule has 2 rings (SSSR count). The maximum atomic E-state index is 13.6. The van der Waals surface area contributed by atoms with Crippen LogP contribution in [0.1, 0.15) is 41.9 Å². The second-order valence-corrected chi connectivity index (χ2v) is 5.36. The van der Waals surface area contributed by atoms with E-state index in [0.29, 0.717) is 12.0 Å². The van der Waals surface area contributed by atoms with Gasteiger partial charge in [0.2, 0.25) is 0 Å². The highest BCUT2D eigenvalue weighted by molar-refractivity contribution is 7.05. The van der Waals surface area contributed by atoms with E-state index in [0.717, 1.165) is 10.6 Å². The SMILES string of the molecule is CC(C)c1nnsc1C(N)Cc1ccccc1F. The summed E-state index contributed by atoms with van der Waals surface area (Å²) in [7, 11) is 0. The van der Waals surface area contributed by atoms with Crippen molar-refractivity contribution in [2.75, 3.05) is 0 Å². The van der Waals surface area contributed by atoms with Crippen molar-refractivity contribution in [2.45, 2.75) is 32.2 Å². The number of halogens is 1. The molecule has 1 aromatic carbocycles. The van der Waals surface area contributed by atoms with Gasteiger partial charge in [0.25, 0.3) is 0 Å². The zero-order valence-corrected chi connectivity index (χ0v) is 11.2. The van der Waals surface area contributed by atoms with Gasteiger partial charge in [-0.25, -0.2) is 4.39 Å². The summed E-state index contributed by atoms with van der Waals surface area (Å²) in [4.78, 5) is 0.952. The number of aromatic nitrogens is 2. The van der Waals surface area contributed by atoms with Gasteiger partial charge in [-0.05, 0) is 35.5 Å². The minimum Gasteiger partial charge on any atom is -0.323 e. The zero-order chi connectivity index (χ0) is 13.1. The number of benzene rings is 1. The Morgan fingerprint density at radius 2 is 2.06 bits per heavy atom. The highest BCUT2D eigenvalue weighted by atomic mass is 32.1. The summed E-state index contributed by atoms with van der Waals surface area (Å²) in [6.45, 7) is 4.10. The first-order chi connectivity index (χ1) is 8.59. The molecule has 0 saturated carbocycles. The molecule has 0 radical (unpaired) electrons. The van der Waals surface area contributed by atoms with Gasteiger partial charge in [0, 0.05) is 6.04 Å². The van der Waals surface area contributed by atoms with Gasteiger partial charge in [-0.15, -0.1) is 5.10 Å². The van der Waals surface area contributed by atoms with Crippen LogP contribution in [0.15, 0.2) is 24.3 Å². The first-order valence-electron chi connectivity index (χ1n) is 5.90. The molecule has 96 valence electrons. The average molecular weight is 265 g/mol. The summed E-state index contributed by atoms with van der Waals surface area (Å²) < 4.78 is 17.5. The molecule has 3 nitrogen and oxygen atoms in total. The first kappa shape index (κ1) is 13.1. The quantitative estimate of drug-likeness (QED) is 0.924. The molecule has 5 heteroatoms. The lowest BCUT2D eigenvalue weighted by molar-refractivity contribution is 0.593. The first-order valence-corrected chi connectivity index (χ1v) is 6.68. The van der Waals surface area contributed by atoms with E-state index in [1.54, 1.807) is 12.1 Å². The number of nitrogens with zero attached hydrogens (tertiary/aromatic N) is 2. The van der Waals surface area contributed by atoms with Crippen LogP contribution >= 0.6 is 11.5 Å². The van der Waals surface area contributed by atoms with Crippen LogP contribution in [0.4, 0.5) is 4.39 Å². The van der Waals surface area contributed by atoms with Crippen molar-refractivity contribution in [1.82, 2.24) is 9.59 Å². The van der Waals surface area contributed by atoms with Crippen molar-refractivity contribution in [2.24, 2.45) is 5.73 Å². The molecule has 0 saturated heterocycles. The van der Waals surface area contributed by atoms with Gasteiger partial charge in [-0.1, -0.05) is 36.5 Å². The Balaban J connectivity index is 2.20. The maximum absolute atomic E-state index is 13.6. The Bertz CT molecular complexity index is 524. The molecule has 0 aliphatic heterocycles. The number of nitrogens with two attached hydrogens (primary N) is 1. The zero-order valence-electron chi connectivity index (χ0n) is 10.4. The molecule has 0 spiro atoms. The predicted octanol–water partition coefficient (Wildman–Crippen LogP) is 3.04. The molecule has 1 atom stereocenters. The van der Waals surface area contributed by atoms with Gasteiger partial charge in [0.1, 0.15) is 5.82 Å². The molecule has 0 aliphatic carbocycles. The molecule has 2 N–H and O–H groups in total. The van der Waals surface area contributed by atoms with Crippen LogP contribution in [0.25, 0.3) is 0 Å².